The molecule has 2 heterocycles. The van der Waals surface area contributed by atoms with Crippen molar-refractivity contribution in [2.24, 2.45) is 0 Å². The van der Waals surface area contributed by atoms with Gasteiger partial charge in [0.1, 0.15) is 17.1 Å². The Balaban J connectivity index is 1.40. The van der Waals surface area contributed by atoms with Crippen LogP contribution in [-0.4, -0.2) is 26.8 Å². The zero-order chi connectivity index (χ0) is 29.2. The van der Waals surface area contributed by atoms with Crippen molar-refractivity contribution in [2.45, 2.75) is 25.7 Å². The highest BCUT2D eigenvalue weighted by Gasteiger charge is 2.33. The smallest absolute Gasteiger partial charge is 0.336 e. The number of carbonyl (C=O) groups excluding carboxylic acids is 1. The lowest BCUT2D eigenvalue weighted by Gasteiger charge is -2.28. The summed E-state index contributed by atoms with van der Waals surface area (Å²) in [6, 6.07) is 26.5. The van der Waals surface area contributed by atoms with Crippen LogP contribution >= 0.6 is 0 Å². The molecule has 1 aliphatic heterocycles. The number of esters is 1. The summed E-state index contributed by atoms with van der Waals surface area (Å²) < 4.78 is 28.6. The zero-order valence-corrected chi connectivity index (χ0v) is 23.6. The average molecular weight is 563 g/mol. The van der Waals surface area contributed by atoms with E-state index in [0.717, 1.165) is 33.6 Å². The molecule has 5 aromatic rings. The van der Waals surface area contributed by atoms with Crippen molar-refractivity contribution in [1.29, 1.82) is 0 Å². The van der Waals surface area contributed by atoms with E-state index in [1.165, 1.54) is 6.07 Å². The largest absolute Gasteiger partial charge is 0.497 e. The van der Waals surface area contributed by atoms with Crippen molar-refractivity contribution in [3.8, 4) is 34.1 Å². The Labute approximate surface area is 243 Å². The second kappa shape index (κ2) is 11.4. The second-order valence-corrected chi connectivity index (χ2v) is 10.2. The molecule has 0 saturated heterocycles. The van der Waals surface area contributed by atoms with Crippen LogP contribution in [0.15, 0.2) is 94.1 Å². The summed E-state index contributed by atoms with van der Waals surface area (Å²) >= 11 is 0. The predicted octanol–water partition coefficient (Wildman–Crippen LogP) is 6.85. The van der Waals surface area contributed by atoms with Crippen molar-refractivity contribution in [3.05, 3.63) is 118 Å². The van der Waals surface area contributed by atoms with Gasteiger partial charge in [0.05, 0.1) is 32.6 Å². The number of hydrogen-bond acceptors (Lipinski definition) is 7. The fourth-order valence-electron chi connectivity index (χ4n) is 5.62. The Morgan fingerprint density at radius 3 is 2.38 bits per heavy atom. The van der Waals surface area contributed by atoms with Crippen LogP contribution in [-0.2, 0) is 11.2 Å². The maximum atomic E-state index is 13.1. The number of aryl methyl sites for hydroxylation is 1. The lowest BCUT2D eigenvalue weighted by Crippen LogP contribution is -2.22. The summed E-state index contributed by atoms with van der Waals surface area (Å²) in [4.78, 5) is 25.6. The normalized spacial score (nSPS) is 14.3. The van der Waals surface area contributed by atoms with E-state index < -0.39 is 5.63 Å². The Morgan fingerprint density at radius 2 is 1.64 bits per heavy atom. The van der Waals surface area contributed by atoms with Gasteiger partial charge in [-0.05, 0) is 59.5 Å². The highest BCUT2D eigenvalue weighted by atomic mass is 16.5. The maximum absolute atomic E-state index is 13.1. The fraction of sp³-hybridized carbons (Fsp3) is 0.200. The van der Waals surface area contributed by atoms with Crippen molar-refractivity contribution < 1.29 is 28.2 Å². The van der Waals surface area contributed by atoms with Gasteiger partial charge >= 0.3 is 11.6 Å². The molecule has 42 heavy (non-hydrogen) atoms. The minimum Gasteiger partial charge on any atom is -0.497 e. The van der Waals surface area contributed by atoms with E-state index in [0.29, 0.717) is 46.8 Å². The van der Waals surface area contributed by atoms with Crippen LogP contribution in [0.3, 0.4) is 0 Å². The summed E-state index contributed by atoms with van der Waals surface area (Å²) in [5.41, 5.74) is 5.16. The molecular weight excluding hydrogens is 532 g/mol. The van der Waals surface area contributed by atoms with E-state index >= 15 is 0 Å². The Hall–Kier alpha value is -5.04. The fourth-order valence-corrected chi connectivity index (χ4v) is 5.62. The first-order valence-electron chi connectivity index (χ1n) is 13.8. The zero-order valence-electron chi connectivity index (χ0n) is 23.6. The molecule has 1 aliphatic rings. The monoisotopic (exact) mass is 562 g/mol. The minimum atomic E-state index is -0.467. The summed E-state index contributed by atoms with van der Waals surface area (Å²) in [5, 5.41) is 0.601. The van der Waals surface area contributed by atoms with E-state index in [-0.39, 0.29) is 18.3 Å². The van der Waals surface area contributed by atoms with Crippen molar-refractivity contribution >= 4 is 16.9 Å². The van der Waals surface area contributed by atoms with Gasteiger partial charge in [-0.2, -0.15) is 0 Å². The van der Waals surface area contributed by atoms with Crippen molar-refractivity contribution in [3.63, 3.8) is 0 Å². The molecule has 4 aromatic carbocycles. The van der Waals surface area contributed by atoms with Gasteiger partial charge in [0, 0.05) is 29.5 Å². The molecule has 1 aromatic heterocycles. The van der Waals surface area contributed by atoms with Crippen LogP contribution < -0.4 is 24.6 Å². The molecule has 0 aliphatic carbocycles. The molecule has 7 nitrogen and oxygen atoms in total. The maximum Gasteiger partial charge on any atom is 0.336 e. The quantitative estimate of drug-likeness (QED) is 0.116. The van der Waals surface area contributed by atoms with Crippen molar-refractivity contribution in [1.82, 2.24) is 0 Å². The van der Waals surface area contributed by atoms with Crippen LogP contribution in [0, 0.1) is 6.92 Å². The van der Waals surface area contributed by atoms with Gasteiger partial charge in [-0.1, -0.05) is 48.5 Å². The molecular formula is C35H30O7. The third-order valence-electron chi connectivity index (χ3n) is 7.65. The average Bonchev–Trinajstić information content (AvgIpc) is 3.00. The van der Waals surface area contributed by atoms with Crippen LogP contribution in [0.5, 0.6) is 23.0 Å². The standard InChI is InChI=1S/C35H30O7/c1-21-17-30-34(26(19-31(36)41-30)23-7-5-4-6-8-23)35-33(21)27(20-32(37)42-35)24-11-14-28(39-3)29(18-24)40-16-15-22-9-12-25(38-2)13-10-22/h4-14,17-19,27H,15-16,20H2,1-3H3/t27-/m0/s1. The molecule has 1 atom stereocenters. The summed E-state index contributed by atoms with van der Waals surface area (Å²) in [6.07, 6.45) is 0.864. The molecule has 0 saturated carbocycles. The molecule has 212 valence electrons. The number of rotatable bonds is 8. The second-order valence-electron chi connectivity index (χ2n) is 10.2. The summed E-state index contributed by atoms with van der Waals surface area (Å²) in [7, 11) is 3.25. The van der Waals surface area contributed by atoms with E-state index in [2.05, 4.69) is 0 Å². The van der Waals surface area contributed by atoms with Gasteiger partial charge in [-0.15, -0.1) is 0 Å². The van der Waals surface area contributed by atoms with E-state index in [4.69, 9.17) is 23.4 Å². The van der Waals surface area contributed by atoms with Crippen LogP contribution in [0.25, 0.3) is 22.1 Å². The predicted molar refractivity (Wildman–Crippen MR) is 160 cm³/mol. The molecule has 0 radical (unpaired) electrons. The van der Waals surface area contributed by atoms with Crippen LogP contribution in [0.1, 0.15) is 34.6 Å². The number of hydrogen-bond donors (Lipinski definition) is 0. The molecule has 7 heteroatoms. The molecule has 0 bridgehead atoms. The molecule has 0 spiro atoms. The number of ether oxygens (including phenoxy) is 4. The molecule has 0 amide bonds. The van der Waals surface area contributed by atoms with Gasteiger partial charge in [0.15, 0.2) is 11.5 Å². The summed E-state index contributed by atoms with van der Waals surface area (Å²) in [5.74, 6) is 1.78. The number of methoxy groups -OCH3 is 2. The third-order valence-corrected chi connectivity index (χ3v) is 7.65. The van der Waals surface area contributed by atoms with Crippen molar-refractivity contribution in [2.75, 3.05) is 20.8 Å². The van der Waals surface area contributed by atoms with E-state index in [1.807, 2.05) is 85.8 Å². The van der Waals surface area contributed by atoms with Gasteiger partial charge in [0.2, 0.25) is 0 Å². The number of fused-ring (bicyclic) bond motifs is 3. The Kier molecular flexibility index (Phi) is 7.40. The minimum absolute atomic E-state index is 0.161. The first-order valence-corrected chi connectivity index (χ1v) is 13.8. The topological polar surface area (TPSA) is 84.2 Å². The Morgan fingerprint density at radius 1 is 0.857 bits per heavy atom. The Bertz CT molecular complexity index is 1820. The molecule has 6 rings (SSSR count). The molecule has 0 fully saturated rings. The SMILES string of the molecule is COc1ccc(CCOc2cc([C@@H]3CC(=O)Oc4c3c(C)cc3oc(=O)cc(-c5ccccc5)c43)ccc2OC)cc1. The third kappa shape index (κ3) is 5.21. The highest BCUT2D eigenvalue weighted by molar-refractivity contribution is 6.01. The van der Waals surface area contributed by atoms with E-state index in [9.17, 15) is 9.59 Å². The van der Waals surface area contributed by atoms with Gasteiger partial charge in [-0.25, -0.2) is 4.79 Å². The number of carbonyl (C=O) groups is 1. The first kappa shape index (κ1) is 27.1. The summed E-state index contributed by atoms with van der Waals surface area (Å²) in [6.45, 7) is 2.38. The van der Waals surface area contributed by atoms with Gasteiger partial charge in [0.25, 0.3) is 0 Å². The highest BCUT2D eigenvalue weighted by Crippen LogP contribution is 2.48. The lowest BCUT2D eigenvalue weighted by molar-refractivity contribution is -0.135. The van der Waals surface area contributed by atoms with E-state index in [1.54, 1.807) is 14.2 Å². The van der Waals surface area contributed by atoms with Crippen LogP contribution in [0.2, 0.25) is 0 Å². The number of benzene rings is 4. The lowest BCUT2D eigenvalue weighted by atomic mass is 9.82. The van der Waals surface area contributed by atoms with Gasteiger partial charge < -0.3 is 23.4 Å². The van der Waals surface area contributed by atoms with Gasteiger partial charge in [-0.3, -0.25) is 4.79 Å². The molecule has 0 N–H and O–H groups in total. The molecule has 0 unspecified atom stereocenters. The van der Waals surface area contributed by atoms with Crippen LogP contribution in [0.4, 0.5) is 0 Å². The first-order chi connectivity index (χ1) is 20.4.